The number of fused-ring (bicyclic) bond motifs is 20. The minimum Gasteiger partial charge on any atom is -0.465 e. The number of hydrogen-bond acceptors (Lipinski definition) is 22. The first-order valence-electron chi connectivity index (χ1n) is 54.2. The second-order valence-electron chi connectivity index (χ2n) is 52.7. The lowest BCUT2D eigenvalue weighted by Crippen LogP contribution is -2.59. The van der Waals surface area contributed by atoms with Crippen LogP contribution in [0.4, 0.5) is 0 Å². The Morgan fingerprint density at radius 1 is 0.286 bits per heavy atom. The molecule has 3 aliphatic heterocycles. The fourth-order valence-electron chi connectivity index (χ4n) is 36.0. The Labute approximate surface area is 800 Å². The van der Waals surface area contributed by atoms with E-state index < -0.39 is 85.5 Å². The Bertz CT molecular complexity index is 3910. The highest BCUT2D eigenvalue weighted by atomic mass is 16.5. The zero-order chi connectivity index (χ0) is 98.2. The molecule has 16 aliphatic rings. The van der Waals surface area contributed by atoms with Gasteiger partial charge in [-0.15, -0.1) is 0 Å². The van der Waals surface area contributed by atoms with Crippen LogP contribution >= 0.6 is 0 Å². The molecule has 16 unspecified atom stereocenters. The first kappa shape index (κ1) is 108. The number of ether oxygens (including phenoxy) is 3. The van der Waals surface area contributed by atoms with Crippen molar-refractivity contribution < 1.29 is 110 Å². The minimum absolute atomic E-state index is 0.00798. The summed E-state index contributed by atoms with van der Waals surface area (Å²) in [6, 6.07) is 0. The van der Waals surface area contributed by atoms with Crippen molar-refractivity contribution >= 4 is 23.7 Å². The molecule has 13 aliphatic carbocycles. The standard InChI is InChI=1S/C28H48O6.2C28H48O5.C27H46O6/c1-14(2)15(3)24(31)25(32)16(4)18-7-8-19-17-13-34-26(33)21-11-22(29)23(30)12-28(21,6)20(17)9-10-27(18,19)5;1-15(2)16(3)24(30)25(31)17(4)20-7-8-21-19-14-33-26(32)23-13-18(29)9-11-28(23,6)22(19)10-12-27(20,21)5;1-14(2)15(3)25(32)26(33)16(4)18-7-8-19-17-11-22(29)21-12-23(30)24(31)13-28(21,6)20(17)9-10-27(18,19)5;1-14(2)10-22(29)24(31)15(3)17-6-7-18-16-13-33-25(32)20-11-21(28)23(30)12-27(20,5)19(16)8-9-26(17,18)4/h14-25,29-32H,7-13H2,1-6H3;15-25,29-31H,7-14H2,1-6H3;14-21,23-26,30-33H,7-13H2,1-6H3;14-24,28-31H,6-13H2,1-5H3/t15-,16+,17?,18-,19?,20?,21?,22+,23-,24-,25-,27-,28-;16-,17-,18+,19?,20+,21?,22?,23?,24+,25+,27+,28+;15-,16-,17?,18+,19?,20?,21?,23-,24+,25+,26+,27+,28+;15-,16?,17+,18?,19?,20?,21-,22+,23+,24+,26+,27+/m1000/s1. The Hall–Kier alpha value is -2.52. The zero-order valence-electron chi connectivity index (χ0n) is 86.3. The SMILES string of the molecule is CC(C)C[C@@H](O)[C@H](O)[C@@H](C)[C@H]1CCC2C3COC(=O)C4C[C@H](O)[C@H](O)C[C@]4(C)C3CC[C@@]21C.CC(C)[C@@H](C)[C@@H](O)[C@H](O)[C@@H](C)[C@H]1CCC2C3COC(=O)C4C[C@H](O)[C@H](O)C[C@]4(C)C3CC[C@@]21C.CC(C)[C@H](C)[C@@H](O)[C@H](O)[C@@H](C)[C@H]1CCC2C3CC(=O)C4C[C@H](O)[C@H](O)C[C@]4(C)C3CC[C@@]21C.CC(C)[C@H](C)[C@@H](O)[C@H](O)[C@@H](C)[C@H]1CCC2C3COC(=O)C4C[C@H](O)CC[C@]4(C)C3CC[C@@]21C. The number of carbonyl (C=O) groups excluding carboxylic acids is 4. The third-order valence-corrected chi connectivity index (χ3v) is 45.4. The van der Waals surface area contributed by atoms with Crippen molar-refractivity contribution in [1.29, 1.82) is 0 Å². The first-order valence-corrected chi connectivity index (χ1v) is 54.2. The molecule has 0 aromatic carbocycles. The van der Waals surface area contributed by atoms with E-state index in [0.717, 1.165) is 116 Å². The lowest BCUT2D eigenvalue weighted by atomic mass is 9.44. The lowest BCUT2D eigenvalue weighted by Gasteiger charge is -2.61. The van der Waals surface area contributed by atoms with Gasteiger partial charge in [-0.3, -0.25) is 19.2 Å². The second-order valence-corrected chi connectivity index (χ2v) is 52.7. The number of ketones is 1. The second kappa shape index (κ2) is 40.9. The number of hydrogen-bond donors (Lipinski definition) is 15. The van der Waals surface area contributed by atoms with Crippen LogP contribution in [0.1, 0.15) is 333 Å². The molecule has 22 nitrogen and oxygen atoms in total. The maximum Gasteiger partial charge on any atom is 0.309 e. The molecular weight excluding hydrogens is 1690 g/mol. The van der Waals surface area contributed by atoms with Gasteiger partial charge < -0.3 is 90.8 Å². The van der Waals surface area contributed by atoms with Crippen LogP contribution in [-0.4, -0.2) is 212 Å². The number of carbonyl (C=O) groups is 4. The summed E-state index contributed by atoms with van der Waals surface area (Å²) in [6.07, 6.45) is 11.5. The van der Waals surface area contributed by atoms with Gasteiger partial charge in [-0.2, -0.15) is 0 Å². The van der Waals surface area contributed by atoms with Crippen LogP contribution in [0, 0.1) is 227 Å². The summed E-state index contributed by atoms with van der Waals surface area (Å²) in [5.41, 5.74) is -0.833. The molecule has 50 atom stereocenters. The van der Waals surface area contributed by atoms with Crippen LogP contribution in [0.15, 0.2) is 0 Å². The lowest BCUT2D eigenvalue weighted by molar-refractivity contribution is -0.175. The molecule has 15 N–H and O–H groups in total. The van der Waals surface area contributed by atoms with Gasteiger partial charge in [0.05, 0.1) is 129 Å². The summed E-state index contributed by atoms with van der Waals surface area (Å²) in [4.78, 5) is 52.3. The van der Waals surface area contributed by atoms with Crippen molar-refractivity contribution in [2.24, 2.45) is 227 Å². The van der Waals surface area contributed by atoms with Crippen LogP contribution in [0.2, 0.25) is 0 Å². The summed E-state index contributed by atoms with van der Waals surface area (Å²) in [5.74, 6) is 5.77. The summed E-state index contributed by atoms with van der Waals surface area (Å²) < 4.78 is 17.6. The fourth-order valence-corrected chi connectivity index (χ4v) is 36.0. The number of aliphatic hydroxyl groups excluding tert-OH is 15. The Balaban J connectivity index is 0.000000151. The molecular formula is C111H190O22. The first-order chi connectivity index (χ1) is 62.0. The predicted molar refractivity (Wildman–Crippen MR) is 511 cm³/mol. The topological polar surface area (TPSA) is 399 Å². The minimum atomic E-state index is -0.867. The number of esters is 3. The maximum absolute atomic E-state index is 13.3. The highest BCUT2D eigenvalue weighted by Crippen LogP contribution is 2.73. The van der Waals surface area contributed by atoms with Gasteiger partial charge in [-0.25, -0.2) is 0 Å². The summed E-state index contributed by atoms with van der Waals surface area (Å²) >= 11 is 0. The van der Waals surface area contributed by atoms with E-state index in [0.29, 0.717) is 159 Å². The van der Waals surface area contributed by atoms with Crippen LogP contribution < -0.4 is 0 Å². The van der Waals surface area contributed by atoms with E-state index in [1.165, 1.54) is 0 Å². The average molecular weight is 1880 g/mol. The van der Waals surface area contributed by atoms with Crippen LogP contribution in [0.3, 0.4) is 0 Å². The predicted octanol–water partition coefficient (Wildman–Crippen LogP) is 14.8. The molecule has 3 saturated heterocycles. The Morgan fingerprint density at radius 3 is 0.850 bits per heavy atom. The molecule has 0 bridgehead atoms. The highest BCUT2D eigenvalue weighted by molar-refractivity contribution is 5.83. The van der Waals surface area contributed by atoms with Crippen LogP contribution in [0.25, 0.3) is 0 Å². The molecule has 0 amide bonds. The van der Waals surface area contributed by atoms with Gasteiger partial charge >= 0.3 is 17.9 Å². The quantitative estimate of drug-likeness (QED) is 0.0398. The number of aliphatic hydroxyl groups is 15. The van der Waals surface area contributed by atoms with Gasteiger partial charge in [0.25, 0.3) is 0 Å². The Kier molecular flexibility index (Phi) is 33.2. The van der Waals surface area contributed by atoms with Gasteiger partial charge in [0.1, 0.15) is 5.78 Å². The molecule has 0 aromatic heterocycles. The van der Waals surface area contributed by atoms with Gasteiger partial charge in [0.15, 0.2) is 0 Å². The molecule has 0 spiro atoms. The molecule has 16 fully saturated rings. The number of Topliss-reactive ketones (excluding diaryl/α,β-unsaturated/α-hetero) is 1. The third-order valence-electron chi connectivity index (χ3n) is 45.4. The van der Waals surface area contributed by atoms with Crippen molar-refractivity contribution in [3.8, 4) is 0 Å². The Morgan fingerprint density at radius 2 is 0.541 bits per heavy atom. The summed E-state index contributed by atoms with van der Waals surface area (Å²) in [6.45, 7) is 50.8. The number of rotatable bonds is 20. The van der Waals surface area contributed by atoms with Gasteiger partial charge in [-0.1, -0.05) is 159 Å². The maximum atomic E-state index is 13.3. The van der Waals surface area contributed by atoms with E-state index in [1.807, 2.05) is 20.8 Å². The summed E-state index contributed by atoms with van der Waals surface area (Å²) in [7, 11) is 0. The van der Waals surface area contributed by atoms with E-state index in [-0.39, 0.29) is 175 Å². The summed E-state index contributed by atoms with van der Waals surface area (Å²) in [5, 5.41) is 160. The van der Waals surface area contributed by atoms with Crippen molar-refractivity contribution in [2.75, 3.05) is 19.8 Å². The molecule has 16 rings (SSSR count). The molecule has 13 saturated carbocycles. The molecule has 3 heterocycles. The highest BCUT2D eigenvalue weighted by Gasteiger charge is 2.70. The molecule has 766 valence electrons. The van der Waals surface area contributed by atoms with Crippen molar-refractivity contribution in [2.45, 2.75) is 424 Å². The molecule has 0 aromatic rings. The molecule has 133 heavy (non-hydrogen) atoms. The van der Waals surface area contributed by atoms with Crippen LogP contribution in [-0.2, 0) is 33.4 Å². The van der Waals surface area contributed by atoms with E-state index in [4.69, 9.17) is 14.2 Å². The molecule has 22 heteroatoms. The largest absolute Gasteiger partial charge is 0.465 e. The molecule has 0 radical (unpaired) electrons. The van der Waals surface area contributed by atoms with Crippen molar-refractivity contribution in [3.05, 3.63) is 0 Å². The van der Waals surface area contributed by atoms with Crippen LogP contribution in [0.5, 0.6) is 0 Å². The third kappa shape index (κ3) is 19.4. The van der Waals surface area contributed by atoms with Crippen molar-refractivity contribution in [3.63, 3.8) is 0 Å². The van der Waals surface area contributed by atoms with E-state index in [2.05, 4.69) is 138 Å². The average Bonchev–Trinajstić information content (AvgIpc) is 1.70. The zero-order valence-corrected chi connectivity index (χ0v) is 86.3. The number of cyclic esters (lactones) is 3. The monoisotopic (exact) mass is 1880 g/mol. The van der Waals surface area contributed by atoms with Crippen molar-refractivity contribution in [1.82, 2.24) is 0 Å². The fraction of sp³-hybridized carbons (Fsp3) is 0.964. The van der Waals surface area contributed by atoms with E-state index in [9.17, 15) is 95.8 Å². The van der Waals surface area contributed by atoms with Gasteiger partial charge in [0, 0.05) is 12.3 Å². The van der Waals surface area contributed by atoms with E-state index in [1.54, 1.807) is 0 Å². The normalized spacial score (nSPS) is 48.1. The van der Waals surface area contributed by atoms with E-state index >= 15 is 0 Å². The van der Waals surface area contributed by atoms with Gasteiger partial charge in [-0.05, 0) is 370 Å². The smallest absolute Gasteiger partial charge is 0.309 e. The van der Waals surface area contributed by atoms with Gasteiger partial charge in [0.2, 0.25) is 0 Å².